The first-order chi connectivity index (χ1) is 14.6. The number of nitrogens with one attached hydrogen (secondary N) is 1. The molecule has 0 saturated heterocycles. The van der Waals surface area contributed by atoms with Crippen molar-refractivity contribution in [3.63, 3.8) is 0 Å². The van der Waals surface area contributed by atoms with Crippen molar-refractivity contribution in [2.45, 2.75) is 25.6 Å². The molecule has 1 aromatic heterocycles. The third kappa shape index (κ3) is 6.15. The number of alkyl halides is 3. The predicted octanol–water partition coefficient (Wildman–Crippen LogP) is 5.10. The van der Waals surface area contributed by atoms with Crippen LogP contribution in [-0.2, 0) is 17.4 Å². The maximum absolute atomic E-state index is 12.7. The monoisotopic (exact) mass is 447 g/mol. The highest BCUT2D eigenvalue weighted by atomic mass is 32.1. The summed E-state index contributed by atoms with van der Waals surface area (Å²) in [5.41, 5.74) is 2.79. The van der Waals surface area contributed by atoms with E-state index in [1.807, 2.05) is 33.2 Å². The summed E-state index contributed by atoms with van der Waals surface area (Å²) in [7, 11) is 3.93. The first-order valence-corrected chi connectivity index (χ1v) is 10.6. The van der Waals surface area contributed by atoms with E-state index in [0.29, 0.717) is 22.8 Å². The molecule has 1 unspecified atom stereocenters. The molecule has 0 spiro atoms. The highest BCUT2D eigenvalue weighted by Crippen LogP contribution is 2.31. The van der Waals surface area contributed by atoms with Gasteiger partial charge in [0.05, 0.1) is 23.7 Å². The number of hydrogen-bond acceptors (Lipinski definition) is 4. The van der Waals surface area contributed by atoms with Crippen molar-refractivity contribution in [2.75, 3.05) is 20.6 Å². The number of aromatic nitrogens is 1. The molecule has 1 atom stereocenters. The molecule has 164 valence electrons. The average Bonchev–Trinajstić information content (AvgIpc) is 3.17. The number of amides is 1. The normalized spacial score (nSPS) is 12.7. The summed E-state index contributed by atoms with van der Waals surface area (Å²) in [5, 5.41) is 5.30. The van der Waals surface area contributed by atoms with Crippen molar-refractivity contribution in [1.82, 2.24) is 15.2 Å². The molecule has 0 aliphatic carbocycles. The molecule has 3 rings (SSSR count). The topological polar surface area (TPSA) is 45.2 Å². The van der Waals surface area contributed by atoms with E-state index in [-0.39, 0.29) is 18.4 Å². The number of carbonyl (C=O) groups is 1. The van der Waals surface area contributed by atoms with Gasteiger partial charge in [-0.1, -0.05) is 42.0 Å². The molecule has 31 heavy (non-hydrogen) atoms. The number of halogens is 3. The van der Waals surface area contributed by atoms with Gasteiger partial charge in [-0.25, -0.2) is 4.98 Å². The van der Waals surface area contributed by atoms with E-state index >= 15 is 0 Å². The van der Waals surface area contributed by atoms with E-state index in [1.54, 1.807) is 5.38 Å². The van der Waals surface area contributed by atoms with Gasteiger partial charge in [0.1, 0.15) is 5.01 Å². The minimum atomic E-state index is -4.37. The third-order valence-electron chi connectivity index (χ3n) is 4.93. The zero-order valence-electron chi connectivity index (χ0n) is 17.5. The molecule has 2 aromatic carbocycles. The van der Waals surface area contributed by atoms with E-state index in [2.05, 4.69) is 27.3 Å². The summed E-state index contributed by atoms with van der Waals surface area (Å²) in [5.74, 6) is -0.150. The second-order valence-corrected chi connectivity index (χ2v) is 8.45. The molecule has 0 aliphatic rings. The fraction of sp³-hybridized carbons (Fsp3) is 0.304. The van der Waals surface area contributed by atoms with Crippen LogP contribution in [0.3, 0.4) is 0 Å². The van der Waals surface area contributed by atoms with Crippen LogP contribution in [0.2, 0.25) is 0 Å². The van der Waals surface area contributed by atoms with Gasteiger partial charge in [0, 0.05) is 17.5 Å². The maximum Gasteiger partial charge on any atom is 0.416 e. The molecule has 1 amide bonds. The average molecular weight is 448 g/mol. The van der Waals surface area contributed by atoms with Gasteiger partial charge < -0.3 is 10.2 Å². The Hall–Kier alpha value is -2.71. The number of hydrogen-bond donors (Lipinski definition) is 1. The molecule has 1 heterocycles. The molecule has 0 saturated carbocycles. The van der Waals surface area contributed by atoms with Crippen molar-refractivity contribution >= 4 is 17.2 Å². The van der Waals surface area contributed by atoms with E-state index in [4.69, 9.17) is 0 Å². The molecule has 8 heteroatoms. The highest BCUT2D eigenvalue weighted by Gasteiger charge is 2.30. The second kappa shape index (κ2) is 9.62. The molecule has 0 fully saturated rings. The first-order valence-electron chi connectivity index (χ1n) is 9.75. The molecule has 0 radical (unpaired) electrons. The van der Waals surface area contributed by atoms with Gasteiger partial charge in [0.15, 0.2) is 0 Å². The quantitative estimate of drug-likeness (QED) is 0.548. The Labute approximate surface area is 183 Å². The molecular formula is C23H24F3N3OS. The van der Waals surface area contributed by atoms with Gasteiger partial charge in [-0.05, 0) is 38.7 Å². The largest absolute Gasteiger partial charge is 0.416 e. The standard InChI is InChI=1S/C23H24F3N3OS/c1-15-4-6-16(7-5-15)20(29(2)3)13-27-21(30)12-19-14-31-22(28-19)17-8-10-18(11-9-17)23(24,25)26/h4-11,14,20H,12-13H2,1-3H3,(H,27,30). The number of carbonyl (C=O) groups excluding carboxylic acids is 1. The van der Waals surface area contributed by atoms with Gasteiger partial charge in [-0.3, -0.25) is 4.79 Å². The SMILES string of the molecule is Cc1ccc(C(CNC(=O)Cc2csc(-c3ccc(C(F)(F)F)cc3)n2)N(C)C)cc1. The van der Waals surface area contributed by atoms with E-state index in [0.717, 1.165) is 17.7 Å². The molecule has 4 nitrogen and oxygen atoms in total. The van der Waals surface area contributed by atoms with E-state index in [1.165, 1.54) is 29.0 Å². The summed E-state index contributed by atoms with van der Waals surface area (Å²) in [4.78, 5) is 18.9. The number of nitrogens with zero attached hydrogens (tertiary/aromatic N) is 2. The van der Waals surface area contributed by atoms with Gasteiger partial charge in [-0.15, -0.1) is 11.3 Å². The van der Waals surface area contributed by atoms with Crippen LogP contribution in [0.25, 0.3) is 10.6 Å². The van der Waals surface area contributed by atoms with Crippen LogP contribution in [0, 0.1) is 6.92 Å². The Kier molecular flexibility index (Phi) is 7.12. The number of aryl methyl sites for hydroxylation is 1. The molecule has 0 bridgehead atoms. The lowest BCUT2D eigenvalue weighted by Gasteiger charge is -2.25. The fourth-order valence-corrected chi connectivity index (χ4v) is 3.97. The predicted molar refractivity (Wildman–Crippen MR) is 117 cm³/mol. The summed E-state index contributed by atoms with van der Waals surface area (Å²) in [6.07, 6.45) is -4.25. The Morgan fingerprint density at radius 1 is 1.10 bits per heavy atom. The summed E-state index contributed by atoms with van der Waals surface area (Å²) in [6.45, 7) is 2.49. The number of rotatable bonds is 7. The smallest absolute Gasteiger partial charge is 0.354 e. The summed E-state index contributed by atoms with van der Waals surface area (Å²) >= 11 is 1.30. The lowest BCUT2D eigenvalue weighted by Crippen LogP contribution is -2.35. The van der Waals surface area contributed by atoms with Crippen LogP contribution >= 0.6 is 11.3 Å². The van der Waals surface area contributed by atoms with Gasteiger partial charge >= 0.3 is 6.18 Å². The molecule has 0 aliphatic heterocycles. The zero-order chi connectivity index (χ0) is 22.6. The zero-order valence-corrected chi connectivity index (χ0v) is 18.3. The van der Waals surface area contributed by atoms with Gasteiger partial charge in [0.25, 0.3) is 0 Å². The lowest BCUT2D eigenvalue weighted by atomic mass is 10.0. The van der Waals surface area contributed by atoms with Crippen LogP contribution in [-0.4, -0.2) is 36.4 Å². The van der Waals surface area contributed by atoms with Crippen LogP contribution in [0.4, 0.5) is 13.2 Å². The van der Waals surface area contributed by atoms with Crippen molar-refractivity contribution in [2.24, 2.45) is 0 Å². The van der Waals surface area contributed by atoms with Crippen LogP contribution in [0.5, 0.6) is 0 Å². The number of benzene rings is 2. The van der Waals surface area contributed by atoms with Crippen molar-refractivity contribution in [3.05, 3.63) is 76.3 Å². The molecule has 1 N–H and O–H groups in total. The molecular weight excluding hydrogens is 423 g/mol. The van der Waals surface area contributed by atoms with Crippen LogP contribution in [0.15, 0.2) is 53.9 Å². The summed E-state index contributed by atoms with van der Waals surface area (Å²) < 4.78 is 38.1. The fourth-order valence-electron chi connectivity index (χ4n) is 3.15. The van der Waals surface area contributed by atoms with E-state index in [9.17, 15) is 18.0 Å². The lowest BCUT2D eigenvalue weighted by molar-refractivity contribution is -0.137. The molecule has 3 aromatic rings. The third-order valence-corrected chi connectivity index (χ3v) is 5.87. The van der Waals surface area contributed by atoms with Crippen molar-refractivity contribution < 1.29 is 18.0 Å². The van der Waals surface area contributed by atoms with Crippen LogP contribution < -0.4 is 5.32 Å². The Bertz CT molecular complexity index is 1010. The Balaban J connectivity index is 1.60. The summed E-state index contributed by atoms with van der Waals surface area (Å²) in [6, 6.07) is 13.1. The van der Waals surface area contributed by atoms with Gasteiger partial charge in [-0.2, -0.15) is 13.2 Å². The van der Waals surface area contributed by atoms with Crippen molar-refractivity contribution in [3.8, 4) is 10.6 Å². The minimum Gasteiger partial charge on any atom is -0.354 e. The first kappa shape index (κ1) is 23.0. The van der Waals surface area contributed by atoms with Crippen LogP contribution in [0.1, 0.15) is 28.4 Å². The number of likely N-dealkylation sites (N-methyl/N-ethyl adjacent to an activating group) is 1. The maximum atomic E-state index is 12.7. The number of thiazole rings is 1. The van der Waals surface area contributed by atoms with Crippen molar-refractivity contribution in [1.29, 1.82) is 0 Å². The van der Waals surface area contributed by atoms with Gasteiger partial charge in [0.2, 0.25) is 5.91 Å². The minimum absolute atomic E-state index is 0.0442. The van der Waals surface area contributed by atoms with E-state index < -0.39 is 11.7 Å². The second-order valence-electron chi connectivity index (χ2n) is 7.59. The Morgan fingerprint density at radius 2 is 1.74 bits per heavy atom. The Morgan fingerprint density at radius 3 is 2.32 bits per heavy atom. The highest BCUT2D eigenvalue weighted by molar-refractivity contribution is 7.13.